The number of carbonyl (C=O) groups excluding carboxylic acids is 2. The molecule has 1 atom stereocenters. The molecule has 6 heteroatoms. The molecule has 0 radical (unpaired) electrons. The molecule has 1 N–H and O–H groups in total. The van der Waals surface area contributed by atoms with Crippen LogP contribution < -0.4 is 10.2 Å². The SMILES string of the molecule is C[C@]1(C(=O)NC2CCCCCCC2)Cn2c(cc3ccccc32)C(=O)N1c1cccc(F)c1. The monoisotopic (exact) mass is 447 g/mol. The van der Waals surface area contributed by atoms with Crippen molar-refractivity contribution < 1.29 is 14.0 Å². The first-order valence-corrected chi connectivity index (χ1v) is 12.0. The van der Waals surface area contributed by atoms with E-state index >= 15 is 0 Å². The van der Waals surface area contributed by atoms with E-state index in [4.69, 9.17) is 0 Å². The minimum Gasteiger partial charge on any atom is -0.351 e. The molecule has 5 rings (SSSR count). The predicted octanol–water partition coefficient (Wildman–Crippen LogP) is 5.43. The second-order valence-corrected chi connectivity index (χ2v) is 9.58. The second kappa shape index (κ2) is 8.65. The molecule has 0 bridgehead atoms. The molecule has 1 fully saturated rings. The number of nitrogens with one attached hydrogen (secondary N) is 1. The van der Waals surface area contributed by atoms with Crippen molar-refractivity contribution in [3.8, 4) is 0 Å². The van der Waals surface area contributed by atoms with E-state index < -0.39 is 11.4 Å². The molecule has 172 valence electrons. The van der Waals surface area contributed by atoms with E-state index in [1.807, 2.05) is 34.9 Å². The molecule has 1 aliphatic carbocycles. The molecule has 2 aromatic carbocycles. The van der Waals surface area contributed by atoms with E-state index in [1.165, 1.54) is 36.3 Å². The molecule has 1 aliphatic heterocycles. The summed E-state index contributed by atoms with van der Waals surface area (Å²) in [7, 11) is 0. The van der Waals surface area contributed by atoms with Crippen LogP contribution in [0.1, 0.15) is 62.4 Å². The van der Waals surface area contributed by atoms with E-state index in [0.717, 1.165) is 36.6 Å². The van der Waals surface area contributed by atoms with Gasteiger partial charge in [0.15, 0.2) is 0 Å². The topological polar surface area (TPSA) is 54.3 Å². The van der Waals surface area contributed by atoms with Gasteiger partial charge in [-0.15, -0.1) is 0 Å². The van der Waals surface area contributed by atoms with Crippen LogP contribution in [0, 0.1) is 5.82 Å². The minimum absolute atomic E-state index is 0.0990. The van der Waals surface area contributed by atoms with Gasteiger partial charge in [-0.25, -0.2) is 4.39 Å². The third-order valence-corrected chi connectivity index (χ3v) is 7.19. The fourth-order valence-corrected chi connectivity index (χ4v) is 5.41. The van der Waals surface area contributed by atoms with Gasteiger partial charge in [-0.2, -0.15) is 0 Å². The van der Waals surface area contributed by atoms with Crippen LogP contribution in [0.25, 0.3) is 10.9 Å². The molecule has 0 unspecified atom stereocenters. The Morgan fingerprint density at radius 2 is 1.73 bits per heavy atom. The maximum Gasteiger partial charge on any atom is 0.275 e. The molecule has 2 heterocycles. The summed E-state index contributed by atoms with van der Waals surface area (Å²) >= 11 is 0. The van der Waals surface area contributed by atoms with Crippen LogP contribution in [-0.2, 0) is 11.3 Å². The van der Waals surface area contributed by atoms with Crippen LogP contribution in [0.15, 0.2) is 54.6 Å². The van der Waals surface area contributed by atoms with Crippen LogP contribution in [0.3, 0.4) is 0 Å². The highest BCUT2D eigenvalue weighted by atomic mass is 19.1. The summed E-state index contributed by atoms with van der Waals surface area (Å²) in [5.74, 6) is -0.915. The standard InChI is InChI=1S/C27H30FN3O2/c1-27(26(33)29-21-12-5-3-2-4-6-13-21)18-30-23-15-8-7-10-19(23)16-24(30)25(32)31(27)22-14-9-11-20(28)17-22/h7-11,14-17,21H,2-6,12-13,18H2,1H3,(H,29,33)/t27-/m1/s1. The highest BCUT2D eigenvalue weighted by Gasteiger charge is 2.49. The number of amides is 2. The fraction of sp³-hybridized carbons (Fsp3) is 0.407. The summed E-state index contributed by atoms with van der Waals surface area (Å²) in [6.07, 6.45) is 7.73. The Bertz CT molecular complexity index is 1200. The van der Waals surface area contributed by atoms with Crippen molar-refractivity contribution >= 4 is 28.4 Å². The Kier molecular flexibility index (Phi) is 5.69. The highest BCUT2D eigenvalue weighted by Crippen LogP contribution is 2.36. The minimum atomic E-state index is -1.19. The van der Waals surface area contributed by atoms with Gasteiger partial charge in [-0.1, -0.05) is 56.4 Å². The summed E-state index contributed by atoms with van der Waals surface area (Å²) < 4.78 is 16.1. The molecule has 3 aromatic rings. The lowest BCUT2D eigenvalue weighted by Gasteiger charge is -2.44. The Hall–Kier alpha value is -3.15. The van der Waals surface area contributed by atoms with Gasteiger partial charge < -0.3 is 9.88 Å². The van der Waals surface area contributed by atoms with Crippen molar-refractivity contribution in [3.63, 3.8) is 0 Å². The number of fused-ring (bicyclic) bond motifs is 3. The Morgan fingerprint density at radius 1 is 1.00 bits per heavy atom. The predicted molar refractivity (Wildman–Crippen MR) is 128 cm³/mol. The number of rotatable bonds is 3. The molecule has 2 aliphatic rings. The molecule has 1 aromatic heterocycles. The normalized spacial score (nSPS) is 22.0. The Labute approximate surface area is 193 Å². The quantitative estimate of drug-likeness (QED) is 0.582. The first-order valence-electron chi connectivity index (χ1n) is 12.0. The van der Waals surface area contributed by atoms with Gasteiger partial charge in [0.1, 0.15) is 17.1 Å². The first-order chi connectivity index (χ1) is 16.0. The van der Waals surface area contributed by atoms with Crippen molar-refractivity contribution in [1.82, 2.24) is 9.88 Å². The van der Waals surface area contributed by atoms with Gasteiger partial charge in [-0.05, 0) is 50.1 Å². The van der Waals surface area contributed by atoms with Crippen LogP contribution in [-0.4, -0.2) is 28.0 Å². The number of halogens is 1. The Morgan fingerprint density at radius 3 is 2.48 bits per heavy atom. The molecule has 1 saturated carbocycles. The lowest BCUT2D eigenvalue weighted by atomic mass is 9.91. The van der Waals surface area contributed by atoms with Gasteiger partial charge in [0.2, 0.25) is 5.91 Å². The van der Waals surface area contributed by atoms with Crippen molar-refractivity contribution in [1.29, 1.82) is 0 Å². The summed E-state index contributed by atoms with van der Waals surface area (Å²) in [5.41, 5.74) is 0.635. The molecule has 33 heavy (non-hydrogen) atoms. The number of hydrogen-bond acceptors (Lipinski definition) is 2. The smallest absolute Gasteiger partial charge is 0.275 e. The van der Waals surface area contributed by atoms with Crippen LogP contribution in [0.4, 0.5) is 10.1 Å². The third kappa shape index (κ3) is 3.92. The largest absolute Gasteiger partial charge is 0.351 e. The summed E-state index contributed by atoms with van der Waals surface area (Å²) in [6.45, 7) is 2.10. The van der Waals surface area contributed by atoms with Gasteiger partial charge in [0.25, 0.3) is 5.91 Å². The maximum absolute atomic E-state index is 14.2. The molecular formula is C27H30FN3O2. The van der Waals surface area contributed by atoms with Crippen molar-refractivity contribution in [2.75, 3.05) is 4.90 Å². The average molecular weight is 448 g/mol. The number of hydrogen-bond donors (Lipinski definition) is 1. The van der Waals surface area contributed by atoms with E-state index in [1.54, 1.807) is 19.1 Å². The van der Waals surface area contributed by atoms with Gasteiger partial charge >= 0.3 is 0 Å². The number of carbonyl (C=O) groups is 2. The van der Waals surface area contributed by atoms with Crippen molar-refractivity contribution in [2.24, 2.45) is 0 Å². The van der Waals surface area contributed by atoms with Gasteiger partial charge in [0.05, 0.1) is 6.54 Å². The lowest BCUT2D eigenvalue weighted by Crippen LogP contribution is -2.65. The van der Waals surface area contributed by atoms with Crippen LogP contribution in [0.5, 0.6) is 0 Å². The summed E-state index contributed by atoms with van der Waals surface area (Å²) in [5, 5.41) is 4.21. The Balaban J connectivity index is 1.57. The van der Waals surface area contributed by atoms with Crippen LogP contribution in [0.2, 0.25) is 0 Å². The molecule has 2 amide bonds. The number of para-hydroxylation sites is 1. The molecule has 0 spiro atoms. The van der Waals surface area contributed by atoms with E-state index in [9.17, 15) is 14.0 Å². The van der Waals surface area contributed by atoms with E-state index in [-0.39, 0.29) is 17.9 Å². The average Bonchev–Trinajstić information content (AvgIpc) is 3.14. The van der Waals surface area contributed by atoms with Crippen molar-refractivity contribution in [2.45, 2.75) is 70.0 Å². The third-order valence-electron chi connectivity index (χ3n) is 7.19. The fourth-order valence-electron chi connectivity index (χ4n) is 5.41. The van der Waals surface area contributed by atoms with Gasteiger partial charge in [0, 0.05) is 22.6 Å². The lowest BCUT2D eigenvalue weighted by molar-refractivity contribution is -0.127. The van der Waals surface area contributed by atoms with Crippen molar-refractivity contribution in [3.05, 3.63) is 66.1 Å². The zero-order valence-corrected chi connectivity index (χ0v) is 19.0. The zero-order chi connectivity index (χ0) is 23.0. The highest BCUT2D eigenvalue weighted by molar-refractivity contribution is 6.14. The zero-order valence-electron chi connectivity index (χ0n) is 19.0. The number of nitrogens with zero attached hydrogens (tertiary/aromatic N) is 2. The summed E-state index contributed by atoms with van der Waals surface area (Å²) in [6, 6.07) is 15.7. The van der Waals surface area contributed by atoms with E-state index in [0.29, 0.717) is 17.9 Å². The number of benzene rings is 2. The van der Waals surface area contributed by atoms with E-state index in [2.05, 4.69) is 5.32 Å². The second-order valence-electron chi connectivity index (χ2n) is 9.58. The maximum atomic E-state index is 14.2. The molecular weight excluding hydrogens is 417 g/mol. The summed E-state index contributed by atoms with van der Waals surface area (Å²) in [4.78, 5) is 29.2. The first kappa shape index (κ1) is 21.7. The van der Waals surface area contributed by atoms with Crippen LogP contribution >= 0.6 is 0 Å². The number of aromatic nitrogens is 1. The van der Waals surface area contributed by atoms with Gasteiger partial charge in [-0.3, -0.25) is 14.5 Å². The number of anilines is 1. The molecule has 0 saturated heterocycles. The molecule has 5 nitrogen and oxygen atoms in total.